The number of nitriles is 1. The van der Waals surface area contributed by atoms with Crippen molar-refractivity contribution in [3.05, 3.63) is 26.7 Å². The van der Waals surface area contributed by atoms with E-state index in [2.05, 4.69) is 16.0 Å². The molecule has 2 bridgehead atoms. The molecular weight excluding hydrogens is 374 g/mol. The van der Waals surface area contributed by atoms with Crippen molar-refractivity contribution < 1.29 is 0 Å². The van der Waals surface area contributed by atoms with Gasteiger partial charge >= 0.3 is 5.69 Å². The summed E-state index contributed by atoms with van der Waals surface area (Å²) in [5.41, 5.74) is -0.519. The minimum Gasteiger partial charge on any atom is -0.277 e. The lowest BCUT2D eigenvalue weighted by atomic mass is 9.86. The first-order valence-electron chi connectivity index (χ1n) is 9.99. The minimum atomic E-state index is -0.480. The van der Waals surface area contributed by atoms with Crippen molar-refractivity contribution in [3.8, 4) is 6.07 Å². The maximum absolute atomic E-state index is 12.5. The van der Waals surface area contributed by atoms with Crippen molar-refractivity contribution >= 4 is 22.8 Å². The number of rotatable bonds is 6. The Morgan fingerprint density at radius 3 is 2.75 bits per heavy atom. The molecule has 0 amide bonds. The second kappa shape index (κ2) is 7.70. The number of hydrogen-bond donors (Lipinski definition) is 1. The fourth-order valence-corrected chi connectivity index (χ4v) is 5.58. The van der Waals surface area contributed by atoms with E-state index in [0.717, 1.165) is 18.3 Å². The number of nitrogens with zero attached hydrogens (tertiary/aromatic N) is 4. The van der Waals surface area contributed by atoms with Crippen molar-refractivity contribution in [2.45, 2.75) is 57.5 Å². The van der Waals surface area contributed by atoms with Crippen LogP contribution < -0.4 is 11.2 Å². The molecule has 2 aliphatic rings. The molecule has 2 saturated carbocycles. The summed E-state index contributed by atoms with van der Waals surface area (Å²) in [5, 5.41) is 9.82. The molecule has 148 valence electrons. The van der Waals surface area contributed by atoms with Gasteiger partial charge in [0.25, 0.3) is 5.56 Å². The summed E-state index contributed by atoms with van der Waals surface area (Å²) in [6, 6.07) is 2.09. The van der Waals surface area contributed by atoms with Crippen LogP contribution >= 0.6 is 11.8 Å². The summed E-state index contributed by atoms with van der Waals surface area (Å²) in [6.07, 6.45) is 5.94. The number of H-pyrrole nitrogens is 1. The first-order valence-corrected chi connectivity index (χ1v) is 11.0. The Hall–Kier alpha value is -2.14. The van der Waals surface area contributed by atoms with Gasteiger partial charge in [0.1, 0.15) is 16.2 Å². The molecule has 2 aromatic rings. The predicted molar refractivity (Wildman–Crippen MR) is 108 cm³/mol. The SMILES string of the molecule is CC(C)Cn1c(=O)[nH]c(=O)c2c(SCC#N)nc(CC3CC4CCC3C4)nc21. The average Bonchev–Trinajstić information content (AvgIpc) is 3.25. The van der Waals surface area contributed by atoms with Crippen LogP contribution in [0.1, 0.15) is 45.4 Å². The highest BCUT2D eigenvalue weighted by Gasteiger charge is 2.39. The van der Waals surface area contributed by atoms with Gasteiger partial charge in [0.15, 0.2) is 5.65 Å². The van der Waals surface area contributed by atoms with Crippen molar-refractivity contribution in [3.63, 3.8) is 0 Å². The quantitative estimate of drug-likeness (QED) is 0.591. The lowest BCUT2D eigenvalue weighted by Crippen LogP contribution is -2.33. The third-order valence-electron chi connectivity index (χ3n) is 6.00. The van der Waals surface area contributed by atoms with Crippen LogP contribution in [-0.2, 0) is 13.0 Å². The summed E-state index contributed by atoms with van der Waals surface area (Å²) in [6.45, 7) is 4.51. The molecular formula is C20H25N5O2S. The van der Waals surface area contributed by atoms with Crippen LogP contribution in [0.3, 0.4) is 0 Å². The molecule has 1 N–H and O–H groups in total. The van der Waals surface area contributed by atoms with Crippen molar-refractivity contribution in [2.24, 2.45) is 23.7 Å². The molecule has 8 heteroatoms. The number of hydrogen-bond acceptors (Lipinski definition) is 6. The number of thioether (sulfide) groups is 1. The molecule has 7 nitrogen and oxygen atoms in total. The second-order valence-corrected chi connectivity index (χ2v) is 9.46. The molecule has 3 atom stereocenters. The van der Waals surface area contributed by atoms with Crippen molar-refractivity contribution in [1.29, 1.82) is 5.26 Å². The Labute approximate surface area is 167 Å². The third-order valence-corrected chi connectivity index (χ3v) is 6.84. The van der Waals surface area contributed by atoms with Crippen LogP contribution in [0.15, 0.2) is 14.6 Å². The van der Waals surface area contributed by atoms with Crippen LogP contribution in [0.2, 0.25) is 0 Å². The standard InChI is InChI=1S/C20H25N5O2S/c1-11(2)10-25-17-16(18(26)24-20(25)27)19(28-6-5-21)23-15(22-17)9-14-8-12-3-4-13(14)7-12/h11-14H,3-4,6-10H2,1-2H3,(H,24,26,27). The highest BCUT2D eigenvalue weighted by atomic mass is 32.2. The van der Waals surface area contributed by atoms with Gasteiger partial charge in [-0.3, -0.25) is 14.3 Å². The summed E-state index contributed by atoms with van der Waals surface area (Å²) >= 11 is 1.24. The molecule has 0 aromatic carbocycles. The van der Waals surface area contributed by atoms with E-state index < -0.39 is 11.2 Å². The molecule has 0 spiro atoms. The van der Waals surface area contributed by atoms with E-state index in [1.165, 1.54) is 37.4 Å². The predicted octanol–water partition coefficient (Wildman–Crippen LogP) is 2.73. The Balaban J connectivity index is 1.82. The molecule has 3 unspecified atom stereocenters. The highest BCUT2D eigenvalue weighted by molar-refractivity contribution is 7.99. The van der Waals surface area contributed by atoms with Gasteiger partial charge in [0.05, 0.1) is 11.8 Å². The third kappa shape index (κ3) is 3.60. The zero-order chi connectivity index (χ0) is 19.8. The van der Waals surface area contributed by atoms with Gasteiger partial charge in [-0.15, -0.1) is 0 Å². The smallest absolute Gasteiger partial charge is 0.277 e. The molecule has 2 aliphatic carbocycles. The Morgan fingerprint density at radius 1 is 1.29 bits per heavy atom. The molecule has 4 rings (SSSR count). The van der Waals surface area contributed by atoms with Crippen molar-refractivity contribution in [1.82, 2.24) is 19.5 Å². The second-order valence-electron chi connectivity index (χ2n) is 8.49. The normalized spacial score (nSPS) is 23.6. The minimum absolute atomic E-state index is 0.197. The van der Waals surface area contributed by atoms with Crippen LogP contribution in [-0.4, -0.2) is 25.3 Å². The average molecular weight is 400 g/mol. The van der Waals surface area contributed by atoms with Crippen LogP contribution in [0, 0.1) is 35.0 Å². The van der Waals surface area contributed by atoms with E-state index in [4.69, 9.17) is 10.2 Å². The first-order chi connectivity index (χ1) is 13.5. The van der Waals surface area contributed by atoms with Crippen LogP contribution in [0.4, 0.5) is 0 Å². The Kier molecular flexibility index (Phi) is 5.28. The molecule has 2 fully saturated rings. The molecule has 0 saturated heterocycles. The first kappa shape index (κ1) is 19.2. The summed E-state index contributed by atoms with van der Waals surface area (Å²) in [7, 11) is 0. The Bertz CT molecular complexity index is 1050. The molecule has 0 radical (unpaired) electrons. The zero-order valence-corrected chi connectivity index (χ0v) is 17.1. The number of nitrogens with one attached hydrogen (secondary N) is 1. The highest BCUT2D eigenvalue weighted by Crippen LogP contribution is 2.49. The van der Waals surface area contributed by atoms with E-state index in [-0.39, 0.29) is 11.7 Å². The molecule has 2 aromatic heterocycles. The number of aromatic amines is 1. The summed E-state index contributed by atoms with van der Waals surface area (Å²) in [4.78, 5) is 36.8. The fourth-order valence-electron chi connectivity index (χ4n) is 4.88. The van der Waals surface area contributed by atoms with Gasteiger partial charge in [-0.2, -0.15) is 5.26 Å². The van der Waals surface area contributed by atoms with Crippen molar-refractivity contribution in [2.75, 3.05) is 5.75 Å². The molecule has 28 heavy (non-hydrogen) atoms. The summed E-state index contributed by atoms with van der Waals surface area (Å²) in [5.74, 6) is 3.28. The molecule has 0 aliphatic heterocycles. The van der Waals surface area contributed by atoms with E-state index in [1.807, 2.05) is 13.8 Å². The van der Waals surface area contributed by atoms with Gasteiger partial charge in [-0.25, -0.2) is 14.8 Å². The fraction of sp³-hybridized carbons (Fsp3) is 0.650. The van der Waals surface area contributed by atoms with E-state index in [1.54, 1.807) is 4.57 Å². The van der Waals surface area contributed by atoms with Gasteiger partial charge in [-0.1, -0.05) is 32.0 Å². The van der Waals surface area contributed by atoms with Gasteiger partial charge < -0.3 is 0 Å². The van der Waals surface area contributed by atoms with Gasteiger partial charge in [0.2, 0.25) is 0 Å². The van der Waals surface area contributed by atoms with Gasteiger partial charge in [0, 0.05) is 13.0 Å². The van der Waals surface area contributed by atoms with Gasteiger partial charge in [-0.05, 0) is 42.9 Å². The molecule has 2 heterocycles. The lowest BCUT2D eigenvalue weighted by Gasteiger charge is -2.21. The monoisotopic (exact) mass is 399 g/mol. The van der Waals surface area contributed by atoms with E-state index in [0.29, 0.717) is 34.3 Å². The Morgan fingerprint density at radius 2 is 2.11 bits per heavy atom. The largest absolute Gasteiger partial charge is 0.330 e. The summed E-state index contributed by atoms with van der Waals surface area (Å²) < 4.78 is 1.55. The van der Waals surface area contributed by atoms with Crippen LogP contribution in [0.25, 0.3) is 11.0 Å². The lowest BCUT2D eigenvalue weighted by molar-refractivity contribution is 0.326. The van der Waals surface area contributed by atoms with E-state index in [9.17, 15) is 9.59 Å². The topological polar surface area (TPSA) is 104 Å². The maximum Gasteiger partial charge on any atom is 0.330 e. The number of fused-ring (bicyclic) bond motifs is 3. The number of aromatic nitrogens is 4. The zero-order valence-electron chi connectivity index (χ0n) is 16.3. The van der Waals surface area contributed by atoms with Crippen LogP contribution in [0.5, 0.6) is 0 Å². The van der Waals surface area contributed by atoms with E-state index >= 15 is 0 Å². The maximum atomic E-state index is 12.5.